The van der Waals surface area contributed by atoms with Crippen LogP contribution in [0.5, 0.6) is 0 Å². The van der Waals surface area contributed by atoms with Gasteiger partial charge in [0.15, 0.2) is 5.96 Å². The van der Waals surface area contributed by atoms with Crippen molar-refractivity contribution in [2.45, 2.75) is 39.2 Å². The van der Waals surface area contributed by atoms with E-state index >= 15 is 0 Å². The maximum atomic E-state index is 12.7. The van der Waals surface area contributed by atoms with E-state index in [1.165, 1.54) is 0 Å². The number of nitrogens with one attached hydrogen (secondary N) is 2. The van der Waals surface area contributed by atoms with Crippen molar-refractivity contribution in [3.05, 3.63) is 34.3 Å². The van der Waals surface area contributed by atoms with E-state index in [2.05, 4.69) is 43.7 Å². The molecule has 1 aliphatic carbocycles. The quantitative estimate of drug-likeness (QED) is 0.561. The third-order valence-corrected chi connectivity index (χ3v) is 5.16. The lowest BCUT2D eigenvalue weighted by molar-refractivity contribution is -0.138. The Hall–Kier alpha value is -1.56. The molecule has 1 aromatic rings. The number of guanidine groups is 1. The van der Waals surface area contributed by atoms with Gasteiger partial charge >= 0.3 is 0 Å². The van der Waals surface area contributed by atoms with Gasteiger partial charge in [0.1, 0.15) is 0 Å². The predicted molar refractivity (Wildman–Crippen MR) is 107 cm³/mol. The minimum Gasteiger partial charge on any atom is -0.357 e. The first kappa shape index (κ1) is 19.8. The predicted octanol–water partition coefficient (Wildman–Crippen LogP) is 3.15. The molecule has 2 N–H and O–H groups in total. The first-order valence-electron chi connectivity index (χ1n) is 8.95. The molecule has 1 aliphatic rings. The van der Waals surface area contributed by atoms with E-state index in [0.717, 1.165) is 48.2 Å². The number of halogens is 1. The number of hydrogen-bond donors (Lipinski definition) is 2. The number of rotatable bonds is 6. The van der Waals surface area contributed by atoms with E-state index in [0.29, 0.717) is 13.1 Å². The van der Waals surface area contributed by atoms with Crippen LogP contribution in [0.25, 0.3) is 0 Å². The second-order valence-electron chi connectivity index (χ2n) is 6.87. The summed E-state index contributed by atoms with van der Waals surface area (Å²) in [4.78, 5) is 19.1. The summed E-state index contributed by atoms with van der Waals surface area (Å²) < 4.78 is 1.06. The van der Waals surface area contributed by atoms with Crippen LogP contribution < -0.4 is 10.6 Å². The summed E-state index contributed by atoms with van der Waals surface area (Å²) in [7, 11) is 3.68. The first-order valence-corrected chi connectivity index (χ1v) is 9.74. The number of nitrogens with zero attached hydrogens (tertiary/aromatic N) is 2. The lowest BCUT2D eigenvalue weighted by Gasteiger charge is -2.31. The van der Waals surface area contributed by atoms with Gasteiger partial charge in [-0.25, -0.2) is 4.99 Å². The van der Waals surface area contributed by atoms with Gasteiger partial charge in [-0.15, -0.1) is 0 Å². The maximum Gasteiger partial charge on any atom is 0.230 e. The molecule has 0 radical (unpaired) electrons. The Bertz CT molecular complexity index is 609. The number of hydrogen-bond acceptors (Lipinski definition) is 2. The Labute approximate surface area is 159 Å². The van der Waals surface area contributed by atoms with Crippen molar-refractivity contribution in [2.75, 3.05) is 27.2 Å². The largest absolute Gasteiger partial charge is 0.357 e. The minimum atomic E-state index is -0.296. The van der Waals surface area contributed by atoms with Crippen LogP contribution in [-0.4, -0.2) is 44.0 Å². The molecule has 6 heteroatoms. The van der Waals surface area contributed by atoms with E-state index in [1.807, 2.05) is 33.2 Å². The van der Waals surface area contributed by atoms with Gasteiger partial charge in [-0.3, -0.25) is 4.79 Å². The summed E-state index contributed by atoms with van der Waals surface area (Å²) in [6.45, 7) is 4.07. The third-order valence-electron chi connectivity index (χ3n) is 4.67. The van der Waals surface area contributed by atoms with Crippen molar-refractivity contribution >= 4 is 27.8 Å². The monoisotopic (exact) mass is 408 g/mol. The van der Waals surface area contributed by atoms with Crippen molar-refractivity contribution in [1.29, 1.82) is 0 Å². The van der Waals surface area contributed by atoms with E-state index in [1.54, 1.807) is 4.90 Å². The van der Waals surface area contributed by atoms with Gasteiger partial charge in [0.25, 0.3) is 0 Å². The molecule has 1 saturated carbocycles. The van der Waals surface area contributed by atoms with Crippen LogP contribution in [0.1, 0.15) is 38.2 Å². The molecular weight excluding hydrogens is 380 g/mol. The van der Waals surface area contributed by atoms with Crippen LogP contribution >= 0.6 is 15.9 Å². The summed E-state index contributed by atoms with van der Waals surface area (Å²) in [5, 5.41) is 6.68. The molecule has 5 nitrogen and oxygen atoms in total. The molecule has 1 amide bonds. The molecule has 2 rings (SSSR count). The molecule has 0 saturated heterocycles. The lowest BCUT2D eigenvalue weighted by Crippen LogP contribution is -2.49. The van der Waals surface area contributed by atoms with Crippen LogP contribution in [0.2, 0.25) is 0 Å². The summed E-state index contributed by atoms with van der Waals surface area (Å²) in [5.74, 6) is 0.987. The molecule has 25 heavy (non-hydrogen) atoms. The average molecular weight is 409 g/mol. The molecule has 0 bridgehead atoms. The number of benzene rings is 1. The number of amides is 1. The van der Waals surface area contributed by atoms with Gasteiger partial charge in [-0.05, 0) is 37.5 Å². The zero-order chi connectivity index (χ0) is 18.3. The van der Waals surface area contributed by atoms with Crippen molar-refractivity contribution in [3.63, 3.8) is 0 Å². The zero-order valence-electron chi connectivity index (χ0n) is 15.4. The second-order valence-corrected chi connectivity index (χ2v) is 7.78. The van der Waals surface area contributed by atoms with Crippen molar-refractivity contribution < 1.29 is 4.79 Å². The molecule has 138 valence electrons. The van der Waals surface area contributed by atoms with Crippen LogP contribution in [0.15, 0.2) is 33.7 Å². The molecule has 0 aliphatic heterocycles. The average Bonchev–Trinajstić information content (AvgIpc) is 3.06. The zero-order valence-corrected chi connectivity index (χ0v) is 17.0. The fourth-order valence-electron chi connectivity index (χ4n) is 3.39. The summed E-state index contributed by atoms with van der Waals surface area (Å²) in [6.07, 6.45) is 4.13. The van der Waals surface area contributed by atoms with Crippen LogP contribution in [0, 0.1) is 5.41 Å². The van der Waals surface area contributed by atoms with E-state index in [-0.39, 0.29) is 11.3 Å². The second kappa shape index (κ2) is 9.22. The number of carbonyl (C=O) groups excluding carboxylic acids is 1. The van der Waals surface area contributed by atoms with Gasteiger partial charge in [0, 0.05) is 31.7 Å². The topological polar surface area (TPSA) is 56.7 Å². The fourth-order valence-corrected chi connectivity index (χ4v) is 3.84. The van der Waals surface area contributed by atoms with Gasteiger partial charge in [0.05, 0.1) is 12.0 Å². The number of carbonyl (C=O) groups is 1. The molecule has 0 unspecified atom stereocenters. The van der Waals surface area contributed by atoms with Crippen LogP contribution in [0.4, 0.5) is 0 Å². The Kier molecular flexibility index (Phi) is 7.29. The first-order chi connectivity index (χ1) is 12.0. The van der Waals surface area contributed by atoms with Gasteiger partial charge in [-0.2, -0.15) is 0 Å². The smallest absolute Gasteiger partial charge is 0.230 e. The van der Waals surface area contributed by atoms with E-state index in [9.17, 15) is 4.79 Å². The highest BCUT2D eigenvalue weighted by Crippen LogP contribution is 2.38. The Morgan fingerprint density at radius 1 is 1.28 bits per heavy atom. The van der Waals surface area contributed by atoms with Crippen molar-refractivity contribution in [3.8, 4) is 0 Å². The molecule has 0 aromatic heterocycles. The van der Waals surface area contributed by atoms with E-state index < -0.39 is 0 Å². The Morgan fingerprint density at radius 3 is 2.60 bits per heavy atom. The normalized spacial score (nSPS) is 16.6. The Morgan fingerprint density at radius 2 is 2.00 bits per heavy atom. The Balaban J connectivity index is 2.04. The molecule has 0 spiro atoms. The maximum absolute atomic E-state index is 12.7. The highest BCUT2D eigenvalue weighted by atomic mass is 79.9. The molecule has 1 fully saturated rings. The third kappa shape index (κ3) is 5.46. The SMILES string of the molecule is CCNC(=NCc1cccc(Br)c1)NCC1(C(=O)N(C)C)CCCC1. The molecule has 1 aromatic carbocycles. The standard InChI is InChI=1S/C19H29BrN4O/c1-4-21-18(22-13-15-8-7-9-16(20)12-15)23-14-19(10-5-6-11-19)17(25)24(2)3/h7-9,12H,4-6,10-11,13-14H2,1-3H3,(H2,21,22,23). The number of aliphatic imine (C=N–C) groups is 1. The summed E-state index contributed by atoms with van der Waals surface area (Å²) in [6, 6.07) is 8.15. The molecular formula is C19H29BrN4O. The molecule has 0 heterocycles. The molecule has 0 atom stereocenters. The van der Waals surface area contributed by atoms with Gasteiger partial charge in [-0.1, -0.05) is 40.9 Å². The highest BCUT2D eigenvalue weighted by Gasteiger charge is 2.42. The van der Waals surface area contributed by atoms with E-state index in [4.69, 9.17) is 0 Å². The fraction of sp³-hybridized carbons (Fsp3) is 0.579. The van der Waals surface area contributed by atoms with Crippen molar-refractivity contribution in [2.24, 2.45) is 10.4 Å². The highest BCUT2D eigenvalue weighted by molar-refractivity contribution is 9.10. The lowest BCUT2D eigenvalue weighted by atomic mass is 9.84. The van der Waals surface area contributed by atoms with Gasteiger partial charge in [0.2, 0.25) is 5.91 Å². The summed E-state index contributed by atoms with van der Waals surface area (Å²) in [5.41, 5.74) is 0.849. The minimum absolute atomic E-state index is 0.223. The van der Waals surface area contributed by atoms with Gasteiger partial charge < -0.3 is 15.5 Å². The summed E-state index contributed by atoms with van der Waals surface area (Å²) >= 11 is 3.49. The van der Waals surface area contributed by atoms with Crippen LogP contribution in [0.3, 0.4) is 0 Å². The van der Waals surface area contributed by atoms with Crippen LogP contribution in [-0.2, 0) is 11.3 Å². The van der Waals surface area contributed by atoms with Crippen molar-refractivity contribution in [1.82, 2.24) is 15.5 Å².